The predicted octanol–water partition coefficient (Wildman–Crippen LogP) is 8.73. The molecular weight excluding hydrogens is 849 g/mol. The van der Waals surface area contributed by atoms with Crippen molar-refractivity contribution in [3.63, 3.8) is 0 Å². The van der Waals surface area contributed by atoms with Crippen LogP contribution >= 0.6 is 0 Å². The first kappa shape index (κ1) is 50.0. The lowest BCUT2D eigenvalue weighted by Gasteiger charge is -2.25. The summed E-state index contributed by atoms with van der Waals surface area (Å²) in [6.07, 6.45) is -0.284. The predicted molar refractivity (Wildman–Crippen MR) is 228 cm³/mol. The van der Waals surface area contributed by atoms with E-state index in [1.165, 1.54) is 58.0 Å². The van der Waals surface area contributed by atoms with Gasteiger partial charge in [0.2, 0.25) is 11.8 Å². The number of benzene rings is 4. The van der Waals surface area contributed by atoms with E-state index in [4.69, 9.17) is 0 Å². The van der Waals surface area contributed by atoms with Crippen LogP contribution < -0.4 is 9.44 Å². The topological polar surface area (TPSA) is 167 Å². The fourth-order valence-electron chi connectivity index (χ4n) is 7.53. The lowest BCUT2D eigenvalue weighted by Crippen LogP contribution is -2.33. The van der Waals surface area contributed by atoms with Crippen LogP contribution in [0, 0.1) is 23.3 Å². The minimum Gasteiger partial charge on any atom is -0.386 e. The molecule has 338 valence electrons. The Bertz CT molecular complexity index is 2560. The second-order valence-electron chi connectivity index (χ2n) is 17.6. The van der Waals surface area contributed by atoms with Gasteiger partial charge in [-0.3, -0.25) is 9.59 Å². The van der Waals surface area contributed by atoms with Crippen molar-refractivity contribution in [3.8, 4) is 0 Å². The molecule has 0 bridgehead atoms. The van der Waals surface area contributed by atoms with Crippen LogP contribution in [0.1, 0.15) is 150 Å². The number of hydrogen-bond acceptors (Lipinski definition) is 8. The Morgan fingerprint density at radius 3 is 1.42 bits per heavy atom. The van der Waals surface area contributed by atoms with Gasteiger partial charge in [0.1, 0.15) is 28.2 Å². The second kappa shape index (κ2) is 19.0. The molecule has 62 heavy (non-hydrogen) atoms. The zero-order chi connectivity index (χ0) is 46.9. The highest BCUT2D eigenvalue weighted by atomic mass is 32.2. The molecule has 4 aromatic rings. The molecule has 0 heterocycles. The molecule has 0 aliphatic rings. The van der Waals surface area contributed by atoms with E-state index in [1.54, 1.807) is 41.5 Å². The third kappa shape index (κ3) is 12.1. The molecule has 4 rings (SSSR count). The fourth-order valence-corrected chi connectivity index (χ4v) is 9.62. The van der Waals surface area contributed by atoms with Crippen molar-refractivity contribution in [3.05, 3.63) is 128 Å². The van der Waals surface area contributed by atoms with Gasteiger partial charge in [0.15, 0.2) is 0 Å². The van der Waals surface area contributed by atoms with Crippen LogP contribution in [0.2, 0.25) is 0 Å². The Hall–Kier alpha value is -4.64. The molecule has 4 aromatic carbocycles. The van der Waals surface area contributed by atoms with Gasteiger partial charge in [0, 0.05) is 5.56 Å². The Labute approximate surface area is 362 Å². The number of sulfonamides is 2. The zero-order valence-corrected chi connectivity index (χ0v) is 38.2. The summed E-state index contributed by atoms with van der Waals surface area (Å²) < 4.78 is 117. The average molecular weight is 905 g/mol. The highest BCUT2D eigenvalue weighted by Gasteiger charge is 2.30. The van der Waals surface area contributed by atoms with Gasteiger partial charge in [-0.25, -0.2) is 43.8 Å². The quantitative estimate of drug-likeness (QED) is 0.0764. The minimum atomic E-state index is -4.75. The molecule has 0 saturated carbocycles. The van der Waals surface area contributed by atoms with E-state index in [-0.39, 0.29) is 23.0 Å². The van der Waals surface area contributed by atoms with Crippen LogP contribution in [0.5, 0.6) is 0 Å². The maximum atomic E-state index is 15.2. The van der Waals surface area contributed by atoms with Gasteiger partial charge < -0.3 is 10.2 Å². The number of hydrogen-bond donors (Lipinski definition) is 4. The van der Waals surface area contributed by atoms with E-state index in [0.717, 1.165) is 30.3 Å². The number of aliphatic hydroxyl groups is 2. The summed E-state index contributed by atoms with van der Waals surface area (Å²) >= 11 is 0. The third-order valence-corrected chi connectivity index (χ3v) is 13.7. The van der Waals surface area contributed by atoms with Crippen molar-refractivity contribution in [1.82, 2.24) is 9.44 Å². The molecule has 0 aliphatic carbocycles. The van der Waals surface area contributed by atoms with Crippen molar-refractivity contribution in [1.29, 1.82) is 0 Å². The van der Waals surface area contributed by atoms with Crippen molar-refractivity contribution >= 4 is 31.9 Å². The van der Waals surface area contributed by atoms with Gasteiger partial charge in [0.25, 0.3) is 20.0 Å². The molecule has 10 nitrogen and oxygen atoms in total. The Morgan fingerprint density at radius 2 is 1.00 bits per heavy atom. The number of carbonyl (C=O) groups is 2. The van der Waals surface area contributed by atoms with Gasteiger partial charge in [0.05, 0.1) is 28.9 Å². The molecule has 0 saturated heterocycles. The normalized spacial score (nSPS) is 13.6. The van der Waals surface area contributed by atoms with Gasteiger partial charge in [-0.15, -0.1) is 0 Å². The highest BCUT2D eigenvalue weighted by molar-refractivity contribution is 7.90. The summed E-state index contributed by atoms with van der Waals surface area (Å²) in [7, 11) is -9.29. The van der Waals surface area contributed by atoms with Gasteiger partial charge >= 0.3 is 0 Å². The molecule has 0 fully saturated rings. The molecule has 4 N–H and O–H groups in total. The minimum absolute atomic E-state index is 0.101. The smallest absolute Gasteiger partial charge is 0.266 e. The number of carbonyl (C=O) groups excluding carboxylic acids is 2. The summed E-state index contributed by atoms with van der Waals surface area (Å²) in [6.45, 7) is 16.1. The van der Waals surface area contributed by atoms with E-state index in [2.05, 4.69) is 0 Å². The molecule has 0 aromatic heterocycles. The second-order valence-corrected chi connectivity index (χ2v) is 21.0. The summed E-state index contributed by atoms with van der Waals surface area (Å²) in [5.74, 6) is -6.56. The first-order valence-electron chi connectivity index (χ1n) is 20.2. The van der Waals surface area contributed by atoms with Crippen molar-refractivity contribution < 1.29 is 54.2 Å². The Morgan fingerprint density at radius 1 is 0.581 bits per heavy atom. The van der Waals surface area contributed by atoms with E-state index in [9.17, 15) is 45.4 Å². The summed E-state index contributed by atoms with van der Waals surface area (Å²) in [5.41, 5.74) is -0.851. The number of amides is 2. The van der Waals surface area contributed by atoms with Gasteiger partial charge in [-0.2, -0.15) is 0 Å². The van der Waals surface area contributed by atoms with Crippen LogP contribution in [0.4, 0.5) is 17.6 Å². The highest BCUT2D eigenvalue weighted by Crippen LogP contribution is 2.37. The molecule has 0 spiro atoms. The number of rotatable bonds is 17. The standard InChI is InChI=1S/C46H56F4N2O8S2/c1-25(2)33-18-30(47)20-35(37(33)23-43(53)51-61(57,58)32-14-16-40(49)39(22-32)46(9,10)56)27(5)11-12-28(6)36-21-31(48)19-34(26(3)4)38(36)24-44(54)52-62(59,60)42-17-29(45(7,8)55)13-15-41(42)50/h13-22,25-28,55-56H,11-12,23-24H2,1-10H3,(H,51,53)(H,52,54). The van der Waals surface area contributed by atoms with Crippen LogP contribution in [0.25, 0.3) is 0 Å². The Balaban J connectivity index is 1.62. The molecule has 0 radical (unpaired) electrons. The molecule has 2 unspecified atom stereocenters. The first-order valence-corrected chi connectivity index (χ1v) is 23.2. The Kier molecular flexibility index (Phi) is 15.3. The lowest BCUT2D eigenvalue weighted by atomic mass is 9.81. The maximum Gasteiger partial charge on any atom is 0.266 e. The third-order valence-electron chi connectivity index (χ3n) is 10.9. The summed E-state index contributed by atoms with van der Waals surface area (Å²) in [5, 5.41) is 20.7. The van der Waals surface area contributed by atoms with Crippen LogP contribution in [-0.2, 0) is 53.7 Å². The average Bonchev–Trinajstić information content (AvgIpc) is 3.13. The van der Waals surface area contributed by atoms with E-state index in [0.29, 0.717) is 46.2 Å². The first-order chi connectivity index (χ1) is 28.4. The number of nitrogens with one attached hydrogen (secondary N) is 2. The van der Waals surface area contributed by atoms with E-state index in [1.807, 2.05) is 9.44 Å². The van der Waals surface area contributed by atoms with Crippen molar-refractivity contribution in [2.75, 3.05) is 0 Å². The van der Waals surface area contributed by atoms with Crippen LogP contribution in [0.3, 0.4) is 0 Å². The molecule has 0 aliphatic heterocycles. The van der Waals surface area contributed by atoms with E-state index < -0.39 is 101 Å². The van der Waals surface area contributed by atoms with Crippen molar-refractivity contribution in [2.24, 2.45) is 0 Å². The summed E-state index contributed by atoms with van der Waals surface area (Å²) in [6, 6.07) is 11.0. The van der Waals surface area contributed by atoms with Crippen LogP contribution in [-0.4, -0.2) is 38.9 Å². The number of halogens is 4. The monoisotopic (exact) mass is 904 g/mol. The molecular formula is C46H56F4N2O8S2. The molecule has 16 heteroatoms. The maximum absolute atomic E-state index is 15.2. The van der Waals surface area contributed by atoms with Gasteiger partial charge in [-0.1, -0.05) is 47.6 Å². The van der Waals surface area contributed by atoms with E-state index >= 15 is 8.78 Å². The lowest BCUT2D eigenvalue weighted by molar-refractivity contribution is -0.119. The zero-order valence-electron chi connectivity index (χ0n) is 36.6. The molecule has 2 amide bonds. The van der Waals surface area contributed by atoms with Crippen LogP contribution in [0.15, 0.2) is 70.5 Å². The largest absolute Gasteiger partial charge is 0.386 e. The van der Waals surface area contributed by atoms with Gasteiger partial charge in [-0.05, 0) is 158 Å². The van der Waals surface area contributed by atoms with Crippen molar-refractivity contribution in [2.45, 2.75) is 140 Å². The fraction of sp³-hybridized carbons (Fsp3) is 0.435. The molecule has 2 atom stereocenters. The SMILES string of the molecule is CC(C)c1cc(F)cc(C(C)CCC(C)c2cc(F)cc(C(C)C)c2CC(=O)NS(=O)(=O)c2cc(C(C)(C)O)ccc2F)c1CC(=O)NS(=O)(=O)c1ccc(F)c(C(C)(C)O)c1. The summed E-state index contributed by atoms with van der Waals surface area (Å²) in [4.78, 5) is 25.7.